The van der Waals surface area contributed by atoms with Crippen LogP contribution in [-0.4, -0.2) is 37.1 Å². The molecule has 2 aromatic carbocycles. The van der Waals surface area contributed by atoms with Crippen LogP contribution in [0.5, 0.6) is 11.5 Å². The summed E-state index contributed by atoms with van der Waals surface area (Å²) in [7, 11) is 0. The Morgan fingerprint density at radius 2 is 2.04 bits per heavy atom. The highest BCUT2D eigenvalue weighted by molar-refractivity contribution is 5.92. The molecular weight excluding hydrogens is 342 g/mol. The number of rotatable bonds is 4. The van der Waals surface area contributed by atoms with Gasteiger partial charge in [0.25, 0.3) is 0 Å². The zero-order chi connectivity index (χ0) is 18.6. The molecule has 0 aromatic heterocycles. The topological polar surface area (TPSA) is 74.6 Å². The van der Waals surface area contributed by atoms with Crippen LogP contribution in [0, 0.1) is 11.3 Å². The minimum absolute atomic E-state index is 0.0745. The van der Waals surface area contributed by atoms with E-state index in [9.17, 15) is 4.79 Å². The van der Waals surface area contributed by atoms with Gasteiger partial charge < -0.3 is 14.8 Å². The molecule has 2 aliphatic rings. The van der Waals surface area contributed by atoms with Crippen LogP contribution in [0.1, 0.15) is 30.0 Å². The Hall–Kier alpha value is -3.04. The highest BCUT2D eigenvalue weighted by Gasteiger charge is 2.28. The summed E-state index contributed by atoms with van der Waals surface area (Å²) < 4.78 is 11.3. The molecular formula is C21H21N3O3. The van der Waals surface area contributed by atoms with E-state index in [1.54, 1.807) is 24.3 Å². The third kappa shape index (κ3) is 3.88. The monoisotopic (exact) mass is 363 g/mol. The van der Waals surface area contributed by atoms with Crippen molar-refractivity contribution in [2.24, 2.45) is 0 Å². The number of hydrogen-bond acceptors (Lipinski definition) is 5. The van der Waals surface area contributed by atoms with E-state index in [4.69, 9.17) is 14.7 Å². The second kappa shape index (κ2) is 7.68. The maximum Gasteiger partial charge on any atom is 0.238 e. The van der Waals surface area contributed by atoms with Crippen LogP contribution in [-0.2, 0) is 4.79 Å². The maximum absolute atomic E-state index is 12.5. The molecule has 1 atom stereocenters. The van der Waals surface area contributed by atoms with Gasteiger partial charge in [0.1, 0.15) is 13.2 Å². The molecule has 0 radical (unpaired) electrons. The number of carbonyl (C=O) groups is 1. The summed E-state index contributed by atoms with van der Waals surface area (Å²) in [6.45, 7) is 2.34. The zero-order valence-corrected chi connectivity index (χ0v) is 15.0. The molecule has 27 heavy (non-hydrogen) atoms. The average Bonchev–Trinajstić information content (AvgIpc) is 3.15. The molecule has 1 fully saturated rings. The van der Waals surface area contributed by atoms with Crippen molar-refractivity contribution in [3.63, 3.8) is 0 Å². The standard InChI is InChI=1S/C21H21N3O3/c22-13-15-3-1-4-17(11-15)23-21(25)14-24-8-2-5-18(24)16-6-7-19-20(12-16)27-10-9-26-19/h1,3-4,6-7,11-12,18H,2,5,8-10,14H2,(H,23,25)/t18-/m1/s1. The average molecular weight is 363 g/mol. The van der Waals surface area contributed by atoms with E-state index in [0.29, 0.717) is 31.0 Å². The van der Waals surface area contributed by atoms with Crippen molar-refractivity contribution in [3.8, 4) is 17.6 Å². The first kappa shape index (κ1) is 17.4. The molecule has 0 spiro atoms. The SMILES string of the molecule is N#Cc1cccc(NC(=O)CN2CCC[C@@H]2c2ccc3c(c2)OCCO3)c1. The largest absolute Gasteiger partial charge is 0.486 e. The van der Waals surface area contributed by atoms with Crippen molar-refractivity contribution in [3.05, 3.63) is 53.6 Å². The third-order valence-corrected chi connectivity index (χ3v) is 4.94. The number of nitrogens with one attached hydrogen (secondary N) is 1. The lowest BCUT2D eigenvalue weighted by molar-refractivity contribution is -0.117. The van der Waals surface area contributed by atoms with E-state index in [0.717, 1.165) is 36.4 Å². The molecule has 2 heterocycles. The fourth-order valence-electron chi connectivity index (χ4n) is 3.71. The smallest absolute Gasteiger partial charge is 0.238 e. The van der Waals surface area contributed by atoms with E-state index >= 15 is 0 Å². The van der Waals surface area contributed by atoms with Gasteiger partial charge in [-0.2, -0.15) is 5.26 Å². The number of nitrogens with zero attached hydrogens (tertiary/aromatic N) is 2. The molecule has 6 nitrogen and oxygen atoms in total. The summed E-state index contributed by atoms with van der Waals surface area (Å²) in [6.07, 6.45) is 2.06. The fourth-order valence-corrected chi connectivity index (χ4v) is 3.71. The third-order valence-electron chi connectivity index (χ3n) is 4.94. The quantitative estimate of drug-likeness (QED) is 0.903. The van der Waals surface area contributed by atoms with Gasteiger partial charge in [-0.25, -0.2) is 0 Å². The lowest BCUT2D eigenvalue weighted by Gasteiger charge is -2.26. The number of hydrogen-bond donors (Lipinski definition) is 1. The predicted molar refractivity (Wildman–Crippen MR) is 101 cm³/mol. The Morgan fingerprint density at radius 3 is 2.89 bits per heavy atom. The van der Waals surface area contributed by atoms with Crippen LogP contribution in [0.15, 0.2) is 42.5 Å². The number of fused-ring (bicyclic) bond motifs is 1. The van der Waals surface area contributed by atoms with E-state index in [1.807, 2.05) is 12.1 Å². The van der Waals surface area contributed by atoms with Gasteiger partial charge >= 0.3 is 0 Å². The summed E-state index contributed by atoms with van der Waals surface area (Å²) in [6, 6.07) is 15.3. The van der Waals surface area contributed by atoms with Gasteiger partial charge in [-0.15, -0.1) is 0 Å². The van der Waals surface area contributed by atoms with Crippen LogP contribution in [0.25, 0.3) is 0 Å². The summed E-state index contributed by atoms with van der Waals surface area (Å²) in [5, 5.41) is 11.9. The molecule has 2 aliphatic heterocycles. The molecule has 4 rings (SSSR count). The zero-order valence-electron chi connectivity index (χ0n) is 15.0. The van der Waals surface area contributed by atoms with Crippen molar-refractivity contribution in [1.82, 2.24) is 4.90 Å². The minimum atomic E-state index is -0.0745. The van der Waals surface area contributed by atoms with Crippen LogP contribution >= 0.6 is 0 Å². The number of amides is 1. The molecule has 1 N–H and O–H groups in total. The number of benzene rings is 2. The van der Waals surface area contributed by atoms with Gasteiger partial charge in [0, 0.05) is 11.7 Å². The van der Waals surface area contributed by atoms with Crippen molar-refractivity contribution >= 4 is 11.6 Å². The van der Waals surface area contributed by atoms with Gasteiger partial charge in [0.05, 0.1) is 18.2 Å². The summed E-state index contributed by atoms with van der Waals surface area (Å²) in [5.74, 6) is 1.49. The van der Waals surface area contributed by atoms with E-state index < -0.39 is 0 Å². The van der Waals surface area contributed by atoms with Gasteiger partial charge in [0.2, 0.25) is 5.91 Å². The van der Waals surface area contributed by atoms with Gasteiger partial charge in [-0.1, -0.05) is 12.1 Å². The Labute approximate surface area is 158 Å². The number of carbonyl (C=O) groups excluding carboxylic acids is 1. The first-order valence-corrected chi connectivity index (χ1v) is 9.16. The minimum Gasteiger partial charge on any atom is -0.486 e. The second-order valence-electron chi connectivity index (χ2n) is 6.77. The second-order valence-corrected chi connectivity index (χ2v) is 6.77. The first-order chi connectivity index (χ1) is 13.2. The van der Waals surface area contributed by atoms with E-state index in [2.05, 4.69) is 22.4 Å². The van der Waals surface area contributed by atoms with Crippen LogP contribution in [0.3, 0.4) is 0 Å². The molecule has 0 unspecified atom stereocenters. The van der Waals surface area contributed by atoms with Crippen molar-refractivity contribution in [1.29, 1.82) is 5.26 Å². The Kier molecular flexibility index (Phi) is 4.95. The summed E-state index contributed by atoms with van der Waals surface area (Å²) >= 11 is 0. The molecule has 0 bridgehead atoms. The van der Waals surface area contributed by atoms with Crippen molar-refractivity contribution in [2.45, 2.75) is 18.9 Å². The highest BCUT2D eigenvalue weighted by Crippen LogP contribution is 2.37. The van der Waals surface area contributed by atoms with Gasteiger partial charge in [-0.05, 0) is 55.3 Å². The molecule has 0 saturated carbocycles. The molecule has 138 valence electrons. The summed E-state index contributed by atoms with van der Waals surface area (Å²) in [5.41, 5.74) is 2.33. The molecule has 1 saturated heterocycles. The maximum atomic E-state index is 12.5. The van der Waals surface area contributed by atoms with Gasteiger partial charge in [0.15, 0.2) is 11.5 Å². The van der Waals surface area contributed by atoms with Crippen molar-refractivity contribution in [2.75, 3.05) is 31.6 Å². The van der Waals surface area contributed by atoms with Gasteiger partial charge in [-0.3, -0.25) is 9.69 Å². The Morgan fingerprint density at radius 1 is 1.19 bits per heavy atom. The van der Waals surface area contributed by atoms with Crippen LogP contribution < -0.4 is 14.8 Å². The van der Waals surface area contributed by atoms with Crippen molar-refractivity contribution < 1.29 is 14.3 Å². The molecule has 0 aliphatic carbocycles. The predicted octanol–water partition coefficient (Wildman–Crippen LogP) is 3.11. The van der Waals surface area contributed by atoms with E-state index in [1.165, 1.54) is 0 Å². The molecule has 2 aromatic rings. The van der Waals surface area contributed by atoms with Crippen LogP contribution in [0.4, 0.5) is 5.69 Å². The lowest BCUT2D eigenvalue weighted by atomic mass is 10.0. The molecule has 6 heteroatoms. The number of ether oxygens (including phenoxy) is 2. The van der Waals surface area contributed by atoms with Crippen LogP contribution in [0.2, 0.25) is 0 Å². The first-order valence-electron chi connectivity index (χ1n) is 9.16. The van der Waals surface area contributed by atoms with E-state index in [-0.39, 0.29) is 11.9 Å². The molecule has 1 amide bonds. The number of nitriles is 1. The highest BCUT2D eigenvalue weighted by atomic mass is 16.6. The number of anilines is 1. The Bertz CT molecular complexity index is 890. The summed E-state index contributed by atoms with van der Waals surface area (Å²) in [4.78, 5) is 14.7. The fraction of sp³-hybridized carbons (Fsp3) is 0.333. The Balaban J connectivity index is 1.44. The lowest BCUT2D eigenvalue weighted by Crippen LogP contribution is -2.33. The number of likely N-dealkylation sites (tertiary alicyclic amines) is 1. The normalized spacial score (nSPS) is 18.7.